The number of hydrogen-bond acceptors (Lipinski definition) is 4. The number of nitrogens with zero attached hydrogens (tertiary/aromatic N) is 3. The van der Waals surface area contributed by atoms with E-state index in [9.17, 15) is 0 Å². The summed E-state index contributed by atoms with van der Waals surface area (Å²) in [6, 6.07) is 2.52. The third-order valence-electron chi connectivity index (χ3n) is 3.14. The minimum atomic E-state index is 0.302. The van der Waals surface area contributed by atoms with Crippen molar-refractivity contribution in [1.82, 2.24) is 20.0 Å². The van der Waals surface area contributed by atoms with E-state index in [-0.39, 0.29) is 0 Å². The maximum atomic E-state index is 5.70. The molecule has 1 aromatic rings. The first kappa shape index (κ1) is 13.5. The Balaban J connectivity index is 1.80. The molecule has 1 aliphatic heterocycles. The summed E-state index contributed by atoms with van der Waals surface area (Å²) < 4.78 is 7.70. The van der Waals surface area contributed by atoms with Crippen molar-refractivity contribution in [3.63, 3.8) is 0 Å². The van der Waals surface area contributed by atoms with E-state index < -0.39 is 0 Å². The van der Waals surface area contributed by atoms with Crippen LogP contribution in [0.5, 0.6) is 0 Å². The molecule has 18 heavy (non-hydrogen) atoms. The van der Waals surface area contributed by atoms with E-state index in [0.29, 0.717) is 12.1 Å². The Kier molecular flexibility index (Phi) is 4.74. The van der Waals surface area contributed by atoms with Crippen LogP contribution in [-0.2, 0) is 11.3 Å². The van der Waals surface area contributed by atoms with Gasteiger partial charge in [0.15, 0.2) is 0 Å². The molecule has 1 saturated heterocycles. The first-order valence-electron chi connectivity index (χ1n) is 6.70. The Hall–Kier alpha value is -0.910. The summed E-state index contributed by atoms with van der Waals surface area (Å²) in [6.07, 6.45) is 2.35. The SMILES string of the molecule is CC(C)n1ccc(CN(C)CC2CNCCO2)n1. The molecule has 1 N–H and O–H groups in total. The Bertz CT molecular complexity index is 358. The number of ether oxygens (including phenoxy) is 1. The molecule has 0 bridgehead atoms. The highest BCUT2D eigenvalue weighted by Gasteiger charge is 2.16. The zero-order chi connectivity index (χ0) is 13.0. The molecule has 0 amide bonds. The van der Waals surface area contributed by atoms with Crippen LogP contribution in [0.25, 0.3) is 0 Å². The largest absolute Gasteiger partial charge is 0.374 e. The van der Waals surface area contributed by atoms with E-state index in [1.54, 1.807) is 0 Å². The topological polar surface area (TPSA) is 42.3 Å². The molecule has 2 rings (SSSR count). The lowest BCUT2D eigenvalue weighted by atomic mass is 10.3. The van der Waals surface area contributed by atoms with Gasteiger partial charge in [0.25, 0.3) is 0 Å². The molecule has 0 aromatic carbocycles. The van der Waals surface area contributed by atoms with Crippen LogP contribution in [0.2, 0.25) is 0 Å². The van der Waals surface area contributed by atoms with Crippen LogP contribution in [-0.4, -0.2) is 54.1 Å². The van der Waals surface area contributed by atoms with Gasteiger partial charge in [-0.25, -0.2) is 0 Å². The molecule has 1 aromatic heterocycles. The second-order valence-electron chi connectivity index (χ2n) is 5.27. The van der Waals surface area contributed by atoms with Gasteiger partial charge in [0, 0.05) is 38.4 Å². The molecule has 5 nitrogen and oxygen atoms in total. The molecule has 1 unspecified atom stereocenters. The third-order valence-corrected chi connectivity index (χ3v) is 3.14. The first-order chi connectivity index (χ1) is 8.65. The normalized spacial score (nSPS) is 20.8. The van der Waals surface area contributed by atoms with Gasteiger partial charge in [-0.3, -0.25) is 9.58 Å². The highest BCUT2D eigenvalue weighted by atomic mass is 16.5. The minimum absolute atomic E-state index is 0.302. The highest BCUT2D eigenvalue weighted by molar-refractivity contribution is 4.99. The fraction of sp³-hybridized carbons (Fsp3) is 0.769. The van der Waals surface area contributed by atoms with Crippen molar-refractivity contribution in [1.29, 1.82) is 0 Å². The lowest BCUT2D eigenvalue weighted by Crippen LogP contribution is -2.44. The van der Waals surface area contributed by atoms with E-state index in [1.807, 2.05) is 10.9 Å². The number of rotatable bonds is 5. The molecular weight excluding hydrogens is 228 g/mol. The Morgan fingerprint density at radius 2 is 2.44 bits per heavy atom. The van der Waals surface area contributed by atoms with Gasteiger partial charge in [0.2, 0.25) is 0 Å². The Morgan fingerprint density at radius 3 is 3.06 bits per heavy atom. The summed E-state index contributed by atoms with van der Waals surface area (Å²) in [6.45, 7) is 8.84. The molecule has 1 atom stereocenters. The number of aromatic nitrogens is 2. The smallest absolute Gasteiger partial charge is 0.0826 e. The predicted octanol–water partition coefficient (Wildman–Crippen LogP) is 0.884. The van der Waals surface area contributed by atoms with E-state index in [4.69, 9.17) is 4.74 Å². The lowest BCUT2D eigenvalue weighted by Gasteiger charge is -2.27. The van der Waals surface area contributed by atoms with Crippen LogP contribution in [0, 0.1) is 0 Å². The second-order valence-corrected chi connectivity index (χ2v) is 5.27. The second kappa shape index (κ2) is 6.31. The molecule has 1 fully saturated rings. The zero-order valence-corrected chi connectivity index (χ0v) is 11.6. The number of morpholine rings is 1. The fourth-order valence-electron chi connectivity index (χ4n) is 2.18. The van der Waals surface area contributed by atoms with Gasteiger partial charge in [0.1, 0.15) is 0 Å². The van der Waals surface area contributed by atoms with Crippen molar-refractivity contribution >= 4 is 0 Å². The quantitative estimate of drug-likeness (QED) is 0.845. The van der Waals surface area contributed by atoms with Gasteiger partial charge in [-0.15, -0.1) is 0 Å². The Labute approximate surface area is 109 Å². The summed E-state index contributed by atoms with van der Waals surface area (Å²) in [5.74, 6) is 0. The summed E-state index contributed by atoms with van der Waals surface area (Å²) >= 11 is 0. The van der Waals surface area contributed by atoms with Gasteiger partial charge in [-0.05, 0) is 27.0 Å². The van der Waals surface area contributed by atoms with Crippen molar-refractivity contribution in [3.8, 4) is 0 Å². The molecule has 102 valence electrons. The van der Waals surface area contributed by atoms with Gasteiger partial charge in [-0.1, -0.05) is 0 Å². The maximum Gasteiger partial charge on any atom is 0.0826 e. The minimum Gasteiger partial charge on any atom is -0.374 e. The molecule has 1 aliphatic rings. The molecule has 0 spiro atoms. The summed E-state index contributed by atoms with van der Waals surface area (Å²) in [5, 5.41) is 7.91. The number of likely N-dealkylation sites (N-methyl/N-ethyl adjacent to an activating group) is 1. The van der Waals surface area contributed by atoms with E-state index in [2.05, 4.69) is 42.3 Å². The molecule has 5 heteroatoms. The van der Waals surface area contributed by atoms with Crippen molar-refractivity contribution in [2.75, 3.05) is 33.3 Å². The fourth-order valence-corrected chi connectivity index (χ4v) is 2.18. The van der Waals surface area contributed by atoms with Gasteiger partial charge in [-0.2, -0.15) is 5.10 Å². The molecule has 0 radical (unpaired) electrons. The first-order valence-corrected chi connectivity index (χ1v) is 6.70. The number of hydrogen-bond donors (Lipinski definition) is 1. The van der Waals surface area contributed by atoms with Crippen molar-refractivity contribution in [3.05, 3.63) is 18.0 Å². The molecular formula is C13H24N4O. The van der Waals surface area contributed by atoms with Gasteiger partial charge >= 0.3 is 0 Å². The zero-order valence-electron chi connectivity index (χ0n) is 11.6. The number of nitrogens with one attached hydrogen (secondary N) is 1. The van der Waals surface area contributed by atoms with Crippen molar-refractivity contribution in [2.45, 2.75) is 32.5 Å². The van der Waals surface area contributed by atoms with Crippen LogP contribution in [0.3, 0.4) is 0 Å². The summed E-state index contributed by atoms with van der Waals surface area (Å²) in [7, 11) is 2.12. The lowest BCUT2D eigenvalue weighted by molar-refractivity contribution is 0.00865. The van der Waals surface area contributed by atoms with Crippen molar-refractivity contribution in [2.24, 2.45) is 0 Å². The monoisotopic (exact) mass is 252 g/mol. The van der Waals surface area contributed by atoms with Crippen LogP contribution in [0.1, 0.15) is 25.6 Å². The van der Waals surface area contributed by atoms with Gasteiger partial charge < -0.3 is 10.1 Å². The predicted molar refractivity (Wildman–Crippen MR) is 71.6 cm³/mol. The van der Waals surface area contributed by atoms with Crippen molar-refractivity contribution < 1.29 is 4.74 Å². The van der Waals surface area contributed by atoms with E-state index in [0.717, 1.165) is 38.5 Å². The van der Waals surface area contributed by atoms with Crippen LogP contribution in [0.15, 0.2) is 12.3 Å². The third kappa shape index (κ3) is 3.80. The summed E-state index contributed by atoms with van der Waals surface area (Å²) in [4.78, 5) is 2.27. The average Bonchev–Trinajstić information content (AvgIpc) is 2.78. The Morgan fingerprint density at radius 1 is 1.61 bits per heavy atom. The molecule has 0 saturated carbocycles. The van der Waals surface area contributed by atoms with Gasteiger partial charge in [0.05, 0.1) is 18.4 Å². The average molecular weight is 252 g/mol. The van der Waals surface area contributed by atoms with Crippen LogP contribution in [0.4, 0.5) is 0 Å². The van der Waals surface area contributed by atoms with E-state index >= 15 is 0 Å². The highest BCUT2D eigenvalue weighted by Crippen LogP contribution is 2.07. The molecule has 2 heterocycles. The standard InChI is InChI=1S/C13H24N4O/c1-11(2)17-6-4-12(15-17)9-16(3)10-13-8-14-5-7-18-13/h4,6,11,13-14H,5,7-10H2,1-3H3. The van der Waals surface area contributed by atoms with E-state index in [1.165, 1.54) is 0 Å². The van der Waals surface area contributed by atoms with Crippen LogP contribution < -0.4 is 5.32 Å². The van der Waals surface area contributed by atoms with Crippen LogP contribution >= 0.6 is 0 Å². The summed E-state index contributed by atoms with van der Waals surface area (Å²) in [5.41, 5.74) is 1.12. The maximum absolute atomic E-state index is 5.70. The molecule has 0 aliphatic carbocycles.